The van der Waals surface area contributed by atoms with Crippen LogP contribution >= 0.6 is 0 Å². The molecule has 1 aliphatic rings. The third-order valence-corrected chi connectivity index (χ3v) is 3.95. The largest absolute Gasteiger partial charge is 0.385 e. The van der Waals surface area contributed by atoms with Crippen LogP contribution in [0.4, 0.5) is 0 Å². The monoisotopic (exact) mass is 233 g/mol. The van der Waals surface area contributed by atoms with Gasteiger partial charge < -0.3 is 10.4 Å². The van der Waals surface area contributed by atoms with Crippen LogP contribution < -0.4 is 5.32 Å². The number of nitrogens with one attached hydrogen (secondary N) is 1. The second kappa shape index (κ2) is 5.19. The number of aryl methyl sites for hydroxylation is 1. The summed E-state index contributed by atoms with van der Waals surface area (Å²) in [4.78, 5) is 0. The van der Waals surface area contributed by atoms with Gasteiger partial charge in [-0.2, -0.15) is 0 Å². The molecular formula is C15H23NO. The number of rotatable bonds is 3. The van der Waals surface area contributed by atoms with Crippen LogP contribution in [0.25, 0.3) is 0 Å². The van der Waals surface area contributed by atoms with E-state index in [1.807, 2.05) is 12.1 Å². The van der Waals surface area contributed by atoms with E-state index in [2.05, 4.69) is 31.3 Å². The van der Waals surface area contributed by atoms with Gasteiger partial charge in [0.25, 0.3) is 0 Å². The molecule has 0 aromatic heterocycles. The van der Waals surface area contributed by atoms with E-state index >= 15 is 0 Å². The highest BCUT2D eigenvalue weighted by Gasteiger charge is 2.35. The zero-order valence-electron chi connectivity index (χ0n) is 10.9. The van der Waals surface area contributed by atoms with Gasteiger partial charge in [0.2, 0.25) is 0 Å². The fourth-order valence-corrected chi connectivity index (χ4v) is 2.95. The van der Waals surface area contributed by atoms with Gasteiger partial charge in [0.1, 0.15) is 0 Å². The van der Waals surface area contributed by atoms with Gasteiger partial charge in [0.15, 0.2) is 0 Å². The van der Waals surface area contributed by atoms with Crippen LogP contribution in [0.2, 0.25) is 0 Å². The van der Waals surface area contributed by atoms with Crippen molar-refractivity contribution in [2.75, 3.05) is 6.54 Å². The second-order valence-electron chi connectivity index (χ2n) is 5.18. The molecule has 1 saturated carbocycles. The number of aliphatic hydroxyl groups is 1. The average Bonchev–Trinajstić information content (AvgIpc) is 2.33. The lowest BCUT2D eigenvalue weighted by Gasteiger charge is -2.37. The highest BCUT2D eigenvalue weighted by Crippen LogP contribution is 2.38. The zero-order chi connectivity index (χ0) is 12.3. The minimum atomic E-state index is -0.600. The standard InChI is InChI=1S/C15H23NO/c1-3-16-13-8-10-15(17,11-9-13)14-7-5-4-6-12(14)2/h4-7,13,16-17H,3,8-11H2,1-2H3. The lowest BCUT2D eigenvalue weighted by molar-refractivity contribution is -0.00867. The summed E-state index contributed by atoms with van der Waals surface area (Å²) in [6, 6.07) is 8.81. The number of hydrogen-bond acceptors (Lipinski definition) is 2. The molecule has 0 aliphatic heterocycles. The summed E-state index contributed by atoms with van der Waals surface area (Å²) in [5.41, 5.74) is 1.73. The fourth-order valence-electron chi connectivity index (χ4n) is 2.95. The first kappa shape index (κ1) is 12.6. The molecule has 0 amide bonds. The van der Waals surface area contributed by atoms with Crippen LogP contribution in [0, 0.1) is 6.92 Å². The maximum atomic E-state index is 10.8. The van der Waals surface area contributed by atoms with Gasteiger partial charge in [-0.15, -0.1) is 0 Å². The Bertz CT molecular complexity index is 367. The van der Waals surface area contributed by atoms with Gasteiger partial charge in [-0.05, 0) is 50.3 Å². The maximum Gasteiger partial charge on any atom is 0.0900 e. The predicted molar refractivity (Wildman–Crippen MR) is 71.0 cm³/mol. The van der Waals surface area contributed by atoms with Crippen molar-refractivity contribution in [2.24, 2.45) is 0 Å². The Labute approximate surface area is 104 Å². The van der Waals surface area contributed by atoms with Crippen molar-refractivity contribution in [1.82, 2.24) is 5.32 Å². The Hall–Kier alpha value is -0.860. The number of hydrogen-bond donors (Lipinski definition) is 2. The highest BCUT2D eigenvalue weighted by atomic mass is 16.3. The molecule has 1 aliphatic carbocycles. The summed E-state index contributed by atoms with van der Waals surface area (Å²) >= 11 is 0. The van der Waals surface area contributed by atoms with Crippen molar-refractivity contribution in [2.45, 2.75) is 51.2 Å². The SMILES string of the molecule is CCNC1CCC(O)(c2ccccc2C)CC1. The molecule has 0 bridgehead atoms. The Morgan fingerprint density at radius 2 is 1.94 bits per heavy atom. The van der Waals surface area contributed by atoms with Crippen molar-refractivity contribution in [1.29, 1.82) is 0 Å². The van der Waals surface area contributed by atoms with E-state index in [9.17, 15) is 5.11 Å². The Morgan fingerprint density at radius 3 is 2.53 bits per heavy atom. The van der Waals surface area contributed by atoms with Crippen molar-refractivity contribution in [3.8, 4) is 0 Å². The first-order valence-corrected chi connectivity index (χ1v) is 6.67. The molecule has 1 aromatic carbocycles. The van der Waals surface area contributed by atoms with Crippen LogP contribution in [-0.4, -0.2) is 17.7 Å². The molecule has 2 N–H and O–H groups in total. The molecule has 2 nitrogen and oxygen atoms in total. The van der Waals surface area contributed by atoms with Gasteiger partial charge in [0, 0.05) is 6.04 Å². The molecular weight excluding hydrogens is 210 g/mol. The topological polar surface area (TPSA) is 32.3 Å². The smallest absolute Gasteiger partial charge is 0.0900 e. The summed E-state index contributed by atoms with van der Waals surface area (Å²) < 4.78 is 0. The number of benzene rings is 1. The van der Waals surface area contributed by atoms with Crippen LogP contribution in [0.15, 0.2) is 24.3 Å². The molecule has 0 atom stereocenters. The Balaban J connectivity index is 2.10. The molecule has 2 rings (SSSR count). The third kappa shape index (κ3) is 2.70. The van der Waals surface area contributed by atoms with Gasteiger partial charge in [-0.25, -0.2) is 0 Å². The van der Waals surface area contributed by atoms with E-state index in [0.717, 1.165) is 37.8 Å². The molecule has 17 heavy (non-hydrogen) atoms. The van der Waals surface area contributed by atoms with Crippen molar-refractivity contribution >= 4 is 0 Å². The molecule has 0 saturated heterocycles. The second-order valence-corrected chi connectivity index (χ2v) is 5.18. The lowest BCUT2D eigenvalue weighted by Crippen LogP contribution is -2.40. The van der Waals surface area contributed by atoms with Gasteiger partial charge in [-0.1, -0.05) is 31.2 Å². The molecule has 0 spiro atoms. The zero-order valence-corrected chi connectivity index (χ0v) is 10.9. The quantitative estimate of drug-likeness (QED) is 0.841. The van der Waals surface area contributed by atoms with Crippen LogP contribution in [0.5, 0.6) is 0 Å². The van der Waals surface area contributed by atoms with Crippen molar-refractivity contribution in [3.63, 3.8) is 0 Å². The molecule has 1 fully saturated rings. The van der Waals surface area contributed by atoms with Gasteiger partial charge in [-0.3, -0.25) is 0 Å². The Morgan fingerprint density at radius 1 is 1.29 bits per heavy atom. The van der Waals surface area contributed by atoms with Crippen molar-refractivity contribution < 1.29 is 5.11 Å². The first-order chi connectivity index (χ1) is 8.15. The van der Waals surface area contributed by atoms with E-state index in [0.29, 0.717) is 6.04 Å². The van der Waals surface area contributed by atoms with Crippen LogP contribution in [0.1, 0.15) is 43.7 Å². The van der Waals surface area contributed by atoms with Gasteiger partial charge in [0.05, 0.1) is 5.60 Å². The average molecular weight is 233 g/mol. The minimum Gasteiger partial charge on any atom is -0.385 e. The highest BCUT2D eigenvalue weighted by molar-refractivity contribution is 5.31. The summed E-state index contributed by atoms with van der Waals surface area (Å²) in [7, 11) is 0. The molecule has 1 aromatic rings. The van der Waals surface area contributed by atoms with Crippen molar-refractivity contribution in [3.05, 3.63) is 35.4 Å². The van der Waals surface area contributed by atoms with Crippen LogP contribution in [-0.2, 0) is 5.60 Å². The lowest BCUT2D eigenvalue weighted by atomic mass is 9.76. The predicted octanol–water partition coefficient (Wildman–Crippen LogP) is 2.73. The molecule has 0 radical (unpaired) electrons. The van der Waals surface area contributed by atoms with E-state index in [4.69, 9.17) is 0 Å². The van der Waals surface area contributed by atoms with E-state index in [1.165, 1.54) is 5.56 Å². The maximum absolute atomic E-state index is 10.8. The first-order valence-electron chi connectivity index (χ1n) is 6.67. The molecule has 94 valence electrons. The molecule has 0 heterocycles. The summed E-state index contributed by atoms with van der Waals surface area (Å²) in [6.07, 6.45) is 3.88. The molecule has 2 heteroatoms. The summed E-state index contributed by atoms with van der Waals surface area (Å²) in [6.45, 7) is 5.25. The Kier molecular flexibility index (Phi) is 3.85. The van der Waals surface area contributed by atoms with E-state index in [-0.39, 0.29) is 0 Å². The third-order valence-electron chi connectivity index (χ3n) is 3.95. The normalized spacial score (nSPS) is 29.2. The van der Waals surface area contributed by atoms with E-state index in [1.54, 1.807) is 0 Å². The summed E-state index contributed by atoms with van der Waals surface area (Å²) in [5, 5.41) is 14.3. The fraction of sp³-hybridized carbons (Fsp3) is 0.600. The molecule has 0 unspecified atom stereocenters. The summed E-state index contributed by atoms with van der Waals surface area (Å²) in [5.74, 6) is 0. The van der Waals surface area contributed by atoms with Gasteiger partial charge >= 0.3 is 0 Å². The minimum absolute atomic E-state index is 0.587. The van der Waals surface area contributed by atoms with Crippen LogP contribution in [0.3, 0.4) is 0 Å². The van der Waals surface area contributed by atoms with E-state index < -0.39 is 5.60 Å².